The van der Waals surface area contributed by atoms with Crippen molar-refractivity contribution in [2.45, 2.75) is 44.7 Å². The molecule has 0 atom stereocenters. The predicted molar refractivity (Wildman–Crippen MR) is 133 cm³/mol. The smallest absolute Gasteiger partial charge is 0.271 e. The first-order valence-corrected chi connectivity index (χ1v) is 12.8. The van der Waals surface area contributed by atoms with Crippen LogP contribution in [0.2, 0.25) is 0 Å². The van der Waals surface area contributed by atoms with Crippen molar-refractivity contribution in [1.29, 1.82) is 0 Å². The van der Waals surface area contributed by atoms with Gasteiger partial charge in [0.05, 0.1) is 9.82 Å². The van der Waals surface area contributed by atoms with Crippen LogP contribution in [-0.4, -0.2) is 30.7 Å². The molecular weight excluding hydrogens is 466 g/mol. The fraction of sp³-hybridized carbons (Fsp3) is 0.269. The number of hydrogen-bond acceptors (Lipinski definition) is 5. The maximum atomic E-state index is 13.1. The Balaban J connectivity index is 1.54. The second-order valence-electron chi connectivity index (χ2n) is 8.74. The van der Waals surface area contributed by atoms with Crippen LogP contribution < -0.4 is 4.72 Å². The van der Waals surface area contributed by atoms with Crippen molar-refractivity contribution in [2.75, 3.05) is 6.54 Å². The maximum Gasteiger partial charge on any atom is 0.271 e. The first kappa shape index (κ1) is 24.6. The van der Waals surface area contributed by atoms with E-state index in [0.717, 1.165) is 41.3 Å². The van der Waals surface area contributed by atoms with E-state index in [0.29, 0.717) is 24.1 Å². The summed E-state index contributed by atoms with van der Waals surface area (Å²) in [5.74, 6) is 0.181. The van der Waals surface area contributed by atoms with Gasteiger partial charge in [-0.15, -0.1) is 0 Å². The number of rotatable bonds is 8. The highest BCUT2D eigenvalue weighted by Crippen LogP contribution is 2.28. The second-order valence-corrected chi connectivity index (χ2v) is 10.5. The summed E-state index contributed by atoms with van der Waals surface area (Å²) in [7, 11) is -3.98. The molecule has 1 amide bonds. The molecule has 1 fully saturated rings. The van der Waals surface area contributed by atoms with Crippen molar-refractivity contribution in [3.8, 4) is 11.1 Å². The van der Waals surface area contributed by atoms with Crippen LogP contribution >= 0.6 is 0 Å². The van der Waals surface area contributed by atoms with Gasteiger partial charge in [0.25, 0.3) is 5.69 Å². The van der Waals surface area contributed by atoms with Crippen LogP contribution in [0, 0.1) is 24.0 Å². The van der Waals surface area contributed by atoms with Crippen molar-refractivity contribution in [3.05, 3.63) is 93.0 Å². The maximum absolute atomic E-state index is 13.1. The van der Waals surface area contributed by atoms with Crippen LogP contribution in [0.1, 0.15) is 35.1 Å². The fourth-order valence-electron chi connectivity index (χ4n) is 4.28. The zero-order chi connectivity index (χ0) is 25.2. The molecule has 0 unspecified atom stereocenters. The van der Waals surface area contributed by atoms with Gasteiger partial charge in [-0.1, -0.05) is 48.5 Å². The lowest BCUT2D eigenvalue weighted by Gasteiger charge is -2.16. The van der Waals surface area contributed by atoms with Crippen molar-refractivity contribution >= 4 is 21.6 Å². The van der Waals surface area contributed by atoms with E-state index in [9.17, 15) is 23.3 Å². The van der Waals surface area contributed by atoms with Crippen LogP contribution in [0.15, 0.2) is 65.6 Å². The Hall–Kier alpha value is -3.56. The number of likely N-dealkylation sites (tertiary alicyclic amines) is 1. The quantitative estimate of drug-likeness (QED) is 0.368. The van der Waals surface area contributed by atoms with E-state index in [1.165, 1.54) is 6.07 Å². The molecule has 0 aromatic heterocycles. The van der Waals surface area contributed by atoms with Gasteiger partial charge in [-0.2, -0.15) is 0 Å². The Kier molecular flexibility index (Phi) is 7.00. The van der Waals surface area contributed by atoms with Gasteiger partial charge in [-0.25, -0.2) is 13.1 Å². The molecule has 0 spiro atoms. The number of carbonyl (C=O) groups is 1. The van der Waals surface area contributed by atoms with E-state index in [2.05, 4.69) is 4.72 Å². The second kappa shape index (κ2) is 9.97. The van der Waals surface area contributed by atoms with E-state index in [-0.39, 0.29) is 23.0 Å². The van der Waals surface area contributed by atoms with E-state index in [4.69, 9.17) is 0 Å². The third-order valence-corrected chi connectivity index (χ3v) is 7.91. The van der Waals surface area contributed by atoms with Crippen molar-refractivity contribution in [3.63, 3.8) is 0 Å². The highest BCUT2D eigenvalue weighted by atomic mass is 32.2. The van der Waals surface area contributed by atoms with Gasteiger partial charge < -0.3 is 4.90 Å². The molecule has 1 aliphatic rings. The summed E-state index contributed by atoms with van der Waals surface area (Å²) in [4.78, 5) is 24.3. The molecule has 1 N–H and O–H groups in total. The summed E-state index contributed by atoms with van der Waals surface area (Å²) in [6.45, 7) is 4.69. The molecule has 0 saturated carbocycles. The highest BCUT2D eigenvalue weighted by Gasteiger charge is 2.23. The molecule has 3 aromatic rings. The average molecular weight is 494 g/mol. The minimum atomic E-state index is -3.98. The molecular formula is C26H27N3O5S. The highest BCUT2D eigenvalue weighted by molar-refractivity contribution is 7.89. The third kappa shape index (κ3) is 5.41. The van der Waals surface area contributed by atoms with E-state index in [1.807, 2.05) is 53.4 Å². The Morgan fingerprint density at radius 3 is 2.43 bits per heavy atom. The summed E-state index contributed by atoms with van der Waals surface area (Å²) in [6, 6.07) is 17.9. The van der Waals surface area contributed by atoms with Gasteiger partial charge in [-0.05, 0) is 53.6 Å². The number of hydrogen-bond donors (Lipinski definition) is 1. The Morgan fingerprint density at radius 2 is 1.77 bits per heavy atom. The van der Waals surface area contributed by atoms with Crippen molar-refractivity contribution in [2.24, 2.45) is 0 Å². The lowest BCUT2D eigenvalue weighted by Crippen LogP contribution is -2.24. The number of nitrogens with one attached hydrogen (secondary N) is 1. The normalized spacial score (nSPS) is 13.9. The first-order chi connectivity index (χ1) is 16.7. The summed E-state index contributed by atoms with van der Waals surface area (Å²) in [5, 5.41) is 11.2. The van der Waals surface area contributed by atoms with Crippen LogP contribution in [0.5, 0.6) is 0 Å². The molecule has 0 radical (unpaired) electrons. The molecule has 1 saturated heterocycles. The van der Waals surface area contributed by atoms with Gasteiger partial charge in [0.1, 0.15) is 0 Å². The van der Waals surface area contributed by atoms with Crippen LogP contribution in [0.4, 0.5) is 5.69 Å². The molecule has 8 nitrogen and oxygen atoms in total. The standard InChI is InChI=1S/C26H27N3O5S/c1-18-14-23(29(31)32)15-25(19(18)2)35(33,34)27-16-22-6-3-4-7-24(22)21-11-9-20(10-12-21)17-28-13-5-8-26(28)30/h3-4,6-7,9-12,14-15,27H,5,8,13,16-17H2,1-2H3. The number of aryl methyl sites for hydroxylation is 1. The number of benzene rings is 3. The van der Waals surface area contributed by atoms with Gasteiger partial charge >= 0.3 is 0 Å². The number of non-ortho nitro benzene ring substituents is 1. The Labute approximate surface area is 204 Å². The molecule has 0 bridgehead atoms. The number of nitro groups is 1. The molecule has 1 heterocycles. The number of sulfonamides is 1. The zero-order valence-electron chi connectivity index (χ0n) is 19.7. The summed E-state index contributed by atoms with van der Waals surface area (Å²) in [5.41, 5.74) is 4.38. The van der Waals surface area contributed by atoms with Crippen LogP contribution in [-0.2, 0) is 27.9 Å². The van der Waals surface area contributed by atoms with Crippen molar-refractivity contribution in [1.82, 2.24) is 9.62 Å². The molecule has 182 valence electrons. The fourth-order valence-corrected chi connectivity index (χ4v) is 5.62. The van der Waals surface area contributed by atoms with Crippen molar-refractivity contribution < 1.29 is 18.1 Å². The van der Waals surface area contributed by atoms with E-state index >= 15 is 0 Å². The van der Waals surface area contributed by atoms with E-state index < -0.39 is 14.9 Å². The lowest BCUT2D eigenvalue weighted by atomic mass is 9.98. The molecule has 9 heteroatoms. The largest absolute Gasteiger partial charge is 0.338 e. The monoisotopic (exact) mass is 493 g/mol. The minimum absolute atomic E-state index is 0.0315. The van der Waals surface area contributed by atoms with Gasteiger partial charge in [0.2, 0.25) is 15.9 Å². The Bertz CT molecular complexity index is 1380. The first-order valence-electron chi connectivity index (χ1n) is 11.4. The SMILES string of the molecule is Cc1cc([N+](=O)[O-])cc(S(=O)(=O)NCc2ccccc2-c2ccc(CN3CCCC3=O)cc2)c1C. The number of carbonyl (C=O) groups excluding carboxylic acids is 1. The average Bonchev–Trinajstić information content (AvgIpc) is 3.24. The number of amides is 1. The van der Waals surface area contributed by atoms with Gasteiger partial charge in [-0.3, -0.25) is 14.9 Å². The molecule has 3 aromatic carbocycles. The van der Waals surface area contributed by atoms with Crippen LogP contribution in [0.3, 0.4) is 0 Å². The molecule has 0 aliphatic carbocycles. The Morgan fingerprint density at radius 1 is 1.06 bits per heavy atom. The summed E-state index contributed by atoms with van der Waals surface area (Å²) < 4.78 is 28.7. The van der Waals surface area contributed by atoms with Crippen LogP contribution in [0.25, 0.3) is 11.1 Å². The summed E-state index contributed by atoms with van der Waals surface area (Å²) in [6.07, 6.45) is 1.51. The topological polar surface area (TPSA) is 110 Å². The summed E-state index contributed by atoms with van der Waals surface area (Å²) >= 11 is 0. The predicted octanol–water partition coefficient (Wildman–Crippen LogP) is 4.48. The minimum Gasteiger partial charge on any atom is -0.338 e. The third-order valence-electron chi connectivity index (χ3n) is 6.38. The number of nitro benzene ring substituents is 1. The van der Waals surface area contributed by atoms with Gasteiger partial charge in [0.15, 0.2) is 0 Å². The zero-order valence-corrected chi connectivity index (χ0v) is 20.5. The molecule has 35 heavy (non-hydrogen) atoms. The van der Waals surface area contributed by atoms with Gasteiger partial charge in [0, 0.05) is 38.2 Å². The van der Waals surface area contributed by atoms with E-state index in [1.54, 1.807) is 13.8 Å². The molecule has 4 rings (SSSR count). The number of nitrogens with zero attached hydrogens (tertiary/aromatic N) is 2. The molecule has 1 aliphatic heterocycles. The lowest BCUT2D eigenvalue weighted by molar-refractivity contribution is -0.385.